The van der Waals surface area contributed by atoms with Crippen LogP contribution in [-0.4, -0.2) is 41.1 Å². The lowest BCUT2D eigenvalue weighted by atomic mass is 10.2. The molecule has 0 atom stereocenters. The number of hydrogen-bond acceptors (Lipinski definition) is 5. The summed E-state index contributed by atoms with van der Waals surface area (Å²) in [5.41, 5.74) is 1.23. The van der Waals surface area contributed by atoms with Crippen molar-refractivity contribution < 1.29 is 31.1 Å². The van der Waals surface area contributed by atoms with E-state index in [1.165, 1.54) is 12.1 Å². The zero-order valence-corrected chi connectivity index (χ0v) is 14.9. The van der Waals surface area contributed by atoms with Crippen molar-refractivity contribution in [3.8, 4) is 5.75 Å². The van der Waals surface area contributed by atoms with Crippen LogP contribution in [0.1, 0.15) is 0 Å². The van der Waals surface area contributed by atoms with E-state index < -0.39 is 22.1 Å². The fourth-order valence-corrected chi connectivity index (χ4v) is 3.71. The van der Waals surface area contributed by atoms with Crippen LogP contribution >= 0.6 is 0 Å². The Morgan fingerprint density at radius 2 is 1.70 bits per heavy atom. The fourth-order valence-electron chi connectivity index (χ4n) is 2.61. The summed E-state index contributed by atoms with van der Waals surface area (Å²) in [6, 6.07) is 10.9. The predicted molar refractivity (Wildman–Crippen MR) is 93.4 cm³/mol. The van der Waals surface area contributed by atoms with Crippen LogP contribution in [0.3, 0.4) is 0 Å². The summed E-state index contributed by atoms with van der Waals surface area (Å²) in [5, 5.41) is 0. The molecule has 1 fully saturated rings. The Bertz CT molecular complexity index is 880. The number of rotatable bonds is 5. The van der Waals surface area contributed by atoms with Crippen molar-refractivity contribution in [1.82, 2.24) is 0 Å². The largest absolute Gasteiger partial charge is 0.573 e. The Balaban J connectivity index is 1.73. The average molecular weight is 402 g/mol. The van der Waals surface area contributed by atoms with E-state index in [0.717, 1.165) is 30.9 Å². The molecular weight excluding hydrogens is 385 g/mol. The fraction of sp³-hybridized carbons (Fsp3) is 0.294. The second-order valence-corrected chi connectivity index (χ2v) is 7.46. The van der Waals surface area contributed by atoms with Gasteiger partial charge in [0.1, 0.15) is 5.75 Å². The second-order valence-electron chi connectivity index (χ2n) is 5.77. The Hall–Kier alpha value is -2.46. The smallest absolute Gasteiger partial charge is 0.406 e. The lowest BCUT2D eigenvalue weighted by Gasteiger charge is -2.28. The van der Waals surface area contributed by atoms with Gasteiger partial charge in [-0.3, -0.25) is 4.72 Å². The zero-order valence-electron chi connectivity index (χ0n) is 14.1. The normalized spacial score (nSPS) is 15.4. The van der Waals surface area contributed by atoms with Crippen molar-refractivity contribution in [2.45, 2.75) is 11.3 Å². The molecule has 0 aliphatic carbocycles. The van der Waals surface area contributed by atoms with Crippen LogP contribution in [0.4, 0.5) is 24.5 Å². The molecule has 6 nitrogen and oxygen atoms in total. The van der Waals surface area contributed by atoms with Crippen molar-refractivity contribution in [2.24, 2.45) is 0 Å². The third kappa shape index (κ3) is 5.27. The highest BCUT2D eigenvalue weighted by Gasteiger charge is 2.31. The lowest BCUT2D eigenvalue weighted by Crippen LogP contribution is -2.36. The molecular formula is C17H17F3N2O4S. The van der Waals surface area contributed by atoms with Crippen molar-refractivity contribution in [2.75, 3.05) is 35.9 Å². The first-order valence-electron chi connectivity index (χ1n) is 8.04. The monoisotopic (exact) mass is 402 g/mol. The maximum absolute atomic E-state index is 12.4. The van der Waals surface area contributed by atoms with E-state index in [2.05, 4.69) is 14.4 Å². The van der Waals surface area contributed by atoms with E-state index in [9.17, 15) is 21.6 Å². The van der Waals surface area contributed by atoms with E-state index in [1.807, 2.05) is 0 Å². The number of ether oxygens (including phenoxy) is 2. The van der Waals surface area contributed by atoms with Gasteiger partial charge in [0.15, 0.2) is 0 Å². The Morgan fingerprint density at radius 3 is 2.33 bits per heavy atom. The van der Waals surface area contributed by atoms with Crippen LogP contribution in [-0.2, 0) is 14.8 Å². The highest BCUT2D eigenvalue weighted by molar-refractivity contribution is 7.92. The van der Waals surface area contributed by atoms with Crippen LogP contribution < -0.4 is 14.4 Å². The number of hydrogen-bond donors (Lipinski definition) is 1. The van der Waals surface area contributed by atoms with Crippen molar-refractivity contribution in [3.05, 3.63) is 48.5 Å². The third-order valence-electron chi connectivity index (χ3n) is 3.85. The number of nitrogens with one attached hydrogen (secondary N) is 1. The van der Waals surface area contributed by atoms with Gasteiger partial charge in [-0.2, -0.15) is 0 Å². The molecule has 0 amide bonds. The van der Waals surface area contributed by atoms with Gasteiger partial charge >= 0.3 is 6.36 Å². The molecule has 10 heteroatoms. The van der Waals surface area contributed by atoms with Crippen molar-refractivity contribution >= 4 is 21.4 Å². The number of benzene rings is 2. The molecule has 0 unspecified atom stereocenters. The predicted octanol–water partition coefficient (Wildman–Crippen LogP) is 3.22. The molecule has 2 aromatic rings. The summed E-state index contributed by atoms with van der Waals surface area (Å²) < 4.78 is 73.2. The van der Waals surface area contributed by atoms with Crippen LogP contribution in [0.2, 0.25) is 0 Å². The van der Waals surface area contributed by atoms with Gasteiger partial charge in [0.2, 0.25) is 0 Å². The van der Waals surface area contributed by atoms with E-state index in [0.29, 0.717) is 18.9 Å². The molecule has 2 aromatic carbocycles. The summed E-state index contributed by atoms with van der Waals surface area (Å²) in [4.78, 5) is 1.78. The summed E-state index contributed by atoms with van der Waals surface area (Å²) in [7, 11) is -4.06. The Labute approximate surface area is 154 Å². The summed E-state index contributed by atoms with van der Waals surface area (Å²) in [5.74, 6) is -0.604. The minimum atomic E-state index is -4.90. The Morgan fingerprint density at radius 1 is 1.04 bits per heavy atom. The molecule has 1 aliphatic heterocycles. The molecule has 0 radical (unpaired) electrons. The van der Waals surface area contributed by atoms with E-state index in [-0.39, 0.29) is 4.90 Å². The van der Waals surface area contributed by atoms with Crippen LogP contribution in [0, 0.1) is 0 Å². The Kier molecular flexibility index (Phi) is 5.47. The van der Waals surface area contributed by atoms with Crippen LogP contribution in [0.5, 0.6) is 5.75 Å². The molecule has 0 spiro atoms. The van der Waals surface area contributed by atoms with Gasteiger partial charge in [-0.25, -0.2) is 8.42 Å². The topological polar surface area (TPSA) is 67.9 Å². The van der Waals surface area contributed by atoms with Crippen molar-refractivity contribution in [3.63, 3.8) is 0 Å². The third-order valence-corrected chi connectivity index (χ3v) is 5.22. The average Bonchev–Trinajstić information content (AvgIpc) is 2.62. The highest BCUT2D eigenvalue weighted by atomic mass is 32.2. The molecule has 0 bridgehead atoms. The SMILES string of the molecule is O=S(=O)(Nc1ccc(N2CCOCC2)cc1)c1cccc(OC(F)(F)F)c1. The maximum atomic E-state index is 12.4. The highest BCUT2D eigenvalue weighted by Crippen LogP contribution is 2.26. The molecule has 1 heterocycles. The van der Waals surface area contributed by atoms with E-state index in [4.69, 9.17) is 4.74 Å². The van der Waals surface area contributed by atoms with Gasteiger partial charge in [-0.05, 0) is 36.4 Å². The quantitative estimate of drug-likeness (QED) is 0.832. The van der Waals surface area contributed by atoms with Gasteiger partial charge in [0.05, 0.1) is 18.1 Å². The number of alkyl halides is 3. The minimum absolute atomic E-state index is 0.300. The number of nitrogens with zero attached hydrogens (tertiary/aromatic N) is 1. The number of halogens is 3. The molecule has 1 N–H and O–H groups in total. The summed E-state index contributed by atoms with van der Waals surface area (Å²) >= 11 is 0. The summed E-state index contributed by atoms with van der Waals surface area (Å²) in [6.07, 6.45) is -4.90. The molecule has 1 aliphatic rings. The molecule has 1 saturated heterocycles. The van der Waals surface area contributed by atoms with Gasteiger partial charge in [-0.15, -0.1) is 13.2 Å². The molecule has 3 rings (SSSR count). The number of sulfonamides is 1. The zero-order chi connectivity index (χ0) is 19.5. The maximum Gasteiger partial charge on any atom is 0.573 e. The first-order chi connectivity index (χ1) is 12.7. The standard InChI is InChI=1S/C17H17F3N2O4S/c18-17(19,20)26-15-2-1-3-16(12-15)27(23,24)21-13-4-6-14(7-5-13)22-8-10-25-11-9-22/h1-7,12,21H,8-11H2. The van der Waals surface area contributed by atoms with E-state index >= 15 is 0 Å². The van der Waals surface area contributed by atoms with Crippen LogP contribution in [0.25, 0.3) is 0 Å². The first-order valence-corrected chi connectivity index (χ1v) is 9.53. The molecule has 0 saturated carbocycles. The van der Waals surface area contributed by atoms with Gasteiger partial charge in [0.25, 0.3) is 10.0 Å². The lowest BCUT2D eigenvalue weighted by molar-refractivity contribution is -0.274. The van der Waals surface area contributed by atoms with Gasteiger partial charge in [-0.1, -0.05) is 6.07 Å². The second kappa shape index (κ2) is 7.65. The summed E-state index contributed by atoms with van der Waals surface area (Å²) in [6.45, 7) is 2.75. The van der Waals surface area contributed by atoms with Crippen LogP contribution in [0.15, 0.2) is 53.4 Å². The van der Waals surface area contributed by atoms with Gasteiger partial charge in [0, 0.05) is 30.5 Å². The first kappa shape index (κ1) is 19.3. The van der Waals surface area contributed by atoms with Gasteiger partial charge < -0.3 is 14.4 Å². The van der Waals surface area contributed by atoms with Crippen molar-refractivity contribution in [1.29, 1.82) is 0 Å². The molecule has 27 heavy (non-hydrogen) atoms. The number of morpholine rings is 1. The minimum Gasteiger partial charge on any atom is -0.406 e. The van der Waals surface area contributed by atoms with E-state index in [1.54, 1.807) is 24.3 Å². The molecule has 0 aromatic heterocycles. The number of anilines is 2. The molecule has 146 valence electrons.